The molecular weight excluding hydrogens is 358 g/mol. The van der Waals surface area contributed by atoms with Crippen molar-refractivity contribution in [2.75, 3.05) is 16.0 Å². The van der Waals surface area contributed by atoms with Gasteiger partial charge < -0.3 is 16.0 Å². The van der Waals surface area contributed by atoms with Crippen molar-refractivity contribution in [3.8, 4) is 0 Å². The summed E-state index contributed by atoms with van der Waals surface area (Å²) >= 11 is 0. The molecule has 0 bridgehead atoms. The molecular formula is C24H22N5. The predicted octanol–water partition coefficient (Wildman–Crippen LogP) is 4.81. The molecule has 0 amide bonds. The van der Waals surface area contributed by atoms with Crippen molar-refractivity contribution in [1.29, 1.82) is 0 Å². The van der Waals surface area contributed by atoms with Crippen molar-refractivity contribution in [1.82, 2.24) is 9.97 Å². The van der Waals surface area contributed by atoms with Crippen LogP contribution in [0.4, 0.5) is 23.0 Å². The van der Waals surface area contributed by atoms with Crippen LogP contribution in [0.15, 0.2) is 91.3 Å². The molecule has 1 heterocycles. The highest BCUT2D eigenvalue weighted by atomic mass is 15.2. The first kappa shape index (κ1) is 18.5. The lowest BCUT2D eigenvalue weighted by molar-refractivity contribution is 0.782. The van der Waals surface area contributed by atoms with E-state index in [4.69, 9.17) is 5.73 Å². The fourth-order valence-corrected chi connectivity index (χ4v) is 3.16. The van der Waals surface area contributed by atoms with Gasteiger partial charge in [-0.25, -0.2) is 9.97 Å². The van der Waals surface area contributed by atoms with Gasteiger partial charge in [-0.3, -0.25) is 0 Å². The molecule has 4 aromatic rings. The Balaban J connectivity index is 1.67. The van der Waals surface area contributed by atoms with Crippen molar-refractivity contribution < 1.29 is 0 Å². The van der Waals surface area contributed by atoms with Crippen LogP contribution in [-0.4, -0.2) is 9.97 Å². The number of aromatic nitrogens is 2. The van der Waals surface area contributed by atoms with Crippen molar-refractivity contribution in [2.24, 2.45) is 0 Å². The van der Waals surface area contributed by atoms with Crippen LogP contribution < -0.4 is 16.0 Å². The van der Waals surface area contributed by atoms with Gasteiger partial charge in [-0.15, -0.1) is 0 Å². The standard InChI is InChI=1S/C24H22N5/c25-22-23(28-21-14-8-3-9-15-21)26-18-27-24(22)29(16-19-10-4-1-5-11-19)17-20-12-6-2-7-13-20/h1-2,4-15,18H,16-17,25H2,(H,26,27,28). The lowest BCUT2D eigenvalue weighted by Crippen LogP contribution is -2.24. The van der Waals surface area contributed by atoms with Crippen molar-refractivity contribution in [2.45, 2.75) is 13.1 Å². The number of nitrogens with one attached hydrogen (secondary N) is 1. The molecule has 3 aromatic carbocycles. The second-order valence-corrected chi connectivity index (χ2v) is 6.70. The third-order valence-electron chi connectivity index (χ3n) is 4.58. The first-order valence-corrected chi connectivity index (χ1v) is 9.46. The smallest absolute Gasteiger partial charge is 0.159 e. The van der Waals surface area contributed by atoms with Gasteiger partial charge in [-0.1, -0.05) is 72.8 Å². The largest absolute Gasteiger partial charge is 0.393 e. The van der Waals surface area contributed by atoms with Gasteiger partial charge in [0.15, 0.2) is 11.6 Å². The lowest BCUT2D eigenvalue weighted by Gasteiger charge is -2.26. The maximum atomic E-state index is 6.50. The average molecular weight is 380 g/mol. The van der Waals surface area contributed by atoms with Gasteiger partial charge >= 0.3 is 0 Å². The van der Waals surface area contributed by atoms with E-state index in [0.29, 0.717) is 30.4 Å². The zero-order valence-corrected chi connectivity index (χ0v) is 16.0. The van der Waals surface area contributed by atoms with Crippen LogP contribution in [0.3, 0.4) is 0 Å². The molecule has 29 heavy (non-hydrogen) atoms. The lowest BCUT2D eigenvalue weighted by atomic mass is 10.1. The molecule has 0 saturated heterocycles. The Morgan fingerprint density at radius 3 is 1.97 bits per heavy atom. The Bertz CT molecular complexity index is 995. The Labute approximate surface area is 170 Å². The van der Waals surface area contributed by atoms with E-state index in [1.54, 1.807) is 6.33 Å². The summed E-state index contributed by atoms with van der Waals surface area (Å²) in [7, 11) is 0. The third-order valence-corrected chi connectivity index (χ3v) is 4.58. The minimum Gasteiger partial charge on any atom is -0.393 e. The number of hydrogen-bond donors (Lipinski definition) is 2. The molecule has 5 nitrogen and oxygen atoms in total. The summed E-state index contributed by atoms with van der Waals surface area (Å²) in [6.45, 7) is 1.38. The normalized spacial score (nSPS) is 10.5. The van der Waals surface area contributed by atoms with Crippen LogP contribution in [0.5, 0.6) is 0 Å². The van der Waals surface area contributed by atoms with Crippen LogP contribution in [0.25, 0.3) is 0 Å². The molecule has 4 rings (SSSR count). The Kier molecular flexibility index (Phi) is 5.67. The summed E-state index contributed by atoms with van der Waals surface area (Å²) in [5, 5.41) is 3.27. The average Bonchev–Trinajstić information content (AvgIpc) is 2.77. The minimum absolute atomic E-state index is 0.521. The quantitative estimate of drug-likeness (QED) is 0.482. The highest BCUT2D eigenvalue weighted by Crippen LogP contribution is 2.30. The van der Waals surface area contributed by atoms with Gasteiger partial charge in [0, 0.05) is 18.8 Å². The van der Waals surface area contributed by atoms with E-state index in [0.717, 1.165) is 5.69 Å². The van der Waals surface area contributed by atoms with Crippen LogP contribution in [0, 0.1) is 6.07 Å². The number of hydrogen-bond acceptors (Lipinski definition) is 5. The van der Waals surface area contributed by atoms with Crippen LogP contribution in [0.1, 0.15) is 11.1 Å². The molecule has 3 N–H and O–H groups in total. The number of benzene rings is 3. The summed E-state index contributed by atoms with van der Waals surface area (Å²) < 4.78 is 0. The van der Waals surface area contributed by atoms with E-state index in [1.165, 1.54) is 11.1 Å². The van der Waals surface area contributed by atoms with E-state index in [-0.39, 0.29) is 0 Å². The molecule has 0 aliphatic heterocycles. The molecule has 0 atom stereocenters. The second kappa shape index (κ2) is 8.89. The van der Waals surface area contributed by atoms with E-state index >= 15 is 0 Å². The fraction of sp³-hybridized carbons (Fsp3) is 0.0833. The van der Waals surface area contributed by atoms with Crippen molar-refractivity contribution in [3.05, 3.63) is 108 Å². The summed E-state index contributed by atoms with van der Waals surface area (Å²) in [6.07, 6.45) is 1.55. The SMILES string of the molecule is Nc1c(Nc2cc[c]cc2)ncnc1N(Cc1ccccc1)Cc1ccccc1. The molecule has 0 unspecified atom stereocenters. The van der Waals surface area contributed by atoms with Gasteiger partial charge in [-0.05, 0) is 29.3 Å². The maximum Gasteiger partial charge on any atom is 0.159 e. The molecule has 1 radical (unpaired) electrons. The topological polar surface area (TPSA) is 67.1 Å². The van der Waals surface area contributed by atoms with Gasteiger partial charge in [0.25, 0.3) is 0 Å². The Morgan fingerprint density at radius 1 is 0.793 bits per heavy atom. The number of nitrogens with two attached hydrogens (primary N) is 1. The summed E-state index contributed by atoms with van der Waals surface area (Å²) in [5.74, 6) is 1.30. The number of nitrogen functional groups attached to an aromatic ring is 1. The molecule has 1 aromatic heterocycles. The minimum atomic E-state index is 0.521. The number of anilines is 4. The van der Waals surface area contributed by atoms with Gasteiger partial charge in [0.2, 0.25) is 0 Å². The molecule has 0 fully saturated rings. The third kappa shape index (κ3) is 4.71. The second-order valence-electron chi connectivity index (χ2n) is 6.70. The summed E-state index contributed by atoms with van der Waals surface area (Å²) in [5.41, 5.74) is 10.3. The van der Waals surface area contributed by atoms with E-state index < -0.39 is 0 Å². The molecule has 143 valence electrons. The fourth-order valence-electron chi connectivity index (χ4n) is 3.16. The predicted molar refractivity (Wildman–Crippen MR) is 118 cm³/mol. The van der Waals surface area contributed by atoms with Gasteiger partial charge in [-0.2, -0.15) is 0 Å². The highest BCUT2D eigenvalue weighted by Gasteiger charge is 2.16. The van der Waals surface area contributed by atoms with E-state index in [1.807, 2.05) is 60.7 Å². The van der Waals surface area contributed by atoms with Crippen molar-refractivity contribution >= 4 is 23.0 Å². The molecule has 0 spiro atoms. The van der Waals surface area contributed by atoms with E-state index in [2.05, 4.69) is 50.5 Å². The van der Waals surface area contributed by atoms with Crippen LogP contribution in [-0.2, 0) is 13.1 Å². The van der Waals surface area contributed by atoms with Gasteiger partial charge in [0.1, 0.15) is 12.0 Å². The van der Waals surface area contributed by atoms with Crippen molar-refractivity contribution in [3.63, 3.8) is 0 Å². The van der Waals surface area contributed by atoms with E-state index in [9.17, 15) is 0 Å². The highest BCUT2D eigenvalue weighted by molar-refractivity contribution is 5.78. The number of nitrogens with zero attached hydrogens (tertiary/aromatic N) is 3. The summed E-state index contributed by atoms with van der Waals surface area (Å²) in [4.78, 5) is 11.0. The first-order chi connectivity index (χ1) is 14.3. The van der Waals surface area contributed by atoms with Crippen LogP contribution >= 0.6 is 0 Å². The first-order valence-electron chi connectivity index (χ1n) is 9.46. The Hall–Kier alpha value is -3.86. The van der Waals surface area contributed by atoms with Crippen LogP contribution in [0.2, 0.25) is 0 Å². The molecule has 0 saturated carbocycles. The molecule has 0 aliphatic carbocycles. The number of rotatable bonds is 7. The zero-order chi connectivity index (χ0) is 19.9. The maximum absolute atomic E-state index is 6.50. The molecule has 0 aliphatic rings. The molecule has 5 heteroatoms. The Morgan fingerprint density at radius 2 is 1.38 bits per heavy atom. The van der Waals surface area contributed by atoms with Gasteiger partial charge in [0.05, 0.1) is 0 Å². The monoisotopic (exact) mass is 380 g/mol. The summed E-state index contributed by atoms with van der Waals surface area (Å²) in [6, 6.07) is 31.2. The zero-order valence-electron chi connectivity index (χ0n) is 16.0.